The molecule has 0 bridgehead atoms. The first-order valence-corrected chi connectivity index (χ1v) is 6.43. The second kappa shape index (κ2) is 6.13. The monoisotopic (exact) mass is 240 g/mol. The maximum Gasteiger partial charge on any atom is 0.129 e. The van der Waals surface area contributed by atoms with Gasteiger partial charge in [-0.3, -0.25) is 0 Å². The van der Waals surface area contributed by atoms with Crippen molar-refractivity contribution >= 4 is 0 Å². The second-order valence-corrected chi connectivity index (χ2v) is 5.32. The van der Waals surface area contributed by atoms with Gasteiger partial charge in [-0.15, -0.1) is 0 Å². The first-order valence-electron chi connectivity index (χ1n) is 6.43. The molecule has 0 atom stereocenters. The Bertz CT molecular complexity index is 356. The summed E-state index contributed by atoms with van der Waals surface area (Å²) < 4.78 is 26.5. The van der Waals surface area contributed by atoms with Crippen LogP contribution in [0.4, 0.5) is 8.78 Å². The van der Waals surface area contributed by atoms with Gasteiger partial charge in [0, 0.05) is 6.07 Å². The molecule has 17 heavy (non-hydrogen) atoms. The van der Waals surface area contributed by atoms with Gasteiger partial charge in [-0.05, 0) is 23.5 Å². The van der Waals surface area contributed by atoms with Gasteiger partial charge in [0.05, 0.1) is 0 Å². The van der Waals surface area contributed by atoms with Crippen LogP contribution in [0.1, 0.15) is 58.4 Å². The lowest BCUT2D eigenvalue weighted by Gasteiger charge is -2.25. The van der Waals surface area contributed by atoms with Crippen LogP contribution in [0.5, 0.6) is 0 Å². The topological polar surface area (TPSA) is 0 Å². The molecule has 1 aromatic rings. The fourth-order valence-electron chi connectivity index (χ4n) is 2.17. The van der Waals surface area contributed by atoms with Crippen LogP contribution < -0.4 is 0 Å². The van der Waals surface area contributed by atoms with Crippen LogP contribution in [0.3, 0.4) is 0 Å². The van der Waals surface area contributed by atoms with Gasteiger partial charge in [-0.1, -0.05) is 52.5 Å². The van der Waals surface area contributed by atoms with Crippen LogP contribution >= 0.6 is 0 Å². The molecule has 0 amide bonds. The second-order valence-electron chi connectivity index (χ2n) is 5.32. The summed E-state index contributed by atoms with van der Waals surface area (Å²) in [5.41, 5.74) is 0.404. The number of rotatable bonds is 6. The predicted molar refractivity (Wildman–Crippen MR) is 68.1 cm³/mol. The summed E-state index contributed by atoms with van der Waals surface area (Å²) >= 11 is 0. The zero-order valence-electron chi connectivity index (χ0n) is 11.0. The largest absolute Gasteiger partial charge is 0.207 e. The smallest absolute Gasteiger partial charge is 0.129 e. The van der Waals surface area contributed by atoms with Crippen LogP contribution in [0.2, 0.25) is 0 Å². The normalized spacial score (nSPS) is 11.8. The highest BCUT2D eigenvalue weighted by atomic mass is 19.1. The molecule has 0 saturated carbocycles. The third-order valence-electron chi connectivity index (χ3n) is 3.32. The van der Waals surface area contributed by atoms with Gasteiger partial charge in [0.2, 0.25) is 0 Å². The molecule has 0 radical (unpaired) electrons. The average Bonchev–Trinajstić information content (AvgIpc) is 2.24. The Morgan fingerprint density at radius 1 is 1.06 bits per heavy atom. The summed E-state index contributed by atoms with van der Waals surface area (Å²) in [6.07, 6.45) is 5.64. The molecule has 0 saturated heterocycles. The van der Waals surface area contributed by atoms with Gasteiger partial charge in [-0.25, -0.2) is 8.78 Å². The molecule has 0 N–H and O–H groups in total. The molecule has 2 heteroatoms. The highest BCUT2D eigenvalue weighted by molar-refractivity contribution is 5.26. The number of halogens is 2. The third kappa shape index (κ3) is 4.10. The van der Waals surface area contributed by atoms with E-state index in [1.54, 1.807) is 6.07 Å². The summed E-state index contributed by atoms with van der Waals surface area (Å²) in [6.45, 7) is 6.22. The zero-order chi connectivity index (χ0) is 12.9. The van der Waals surface area contributed by atoms with Crippen molar-refractivity contribution in [1.82, 2.24) is 0 Å². The molecule has 0 nitrogen and oxygen atoms in total. The minimum Gasteiger partial charge on any atom is -0.207 e. The summed E-state index contributed by atoms with van der Waals surface area (Å²) in [5.74, 6) is -0.932. The first kappa shape index (κ1) is 14.1. The minimum absolute atomic E-state index is 0.217. The molecule has 1 aromatic carbocycles. The van der Waals surface area contributed by atoms with Gasteiger partial charge in [-0.2, -0.15) is 0 Å². The molecule has 0 unspecified atom stereocenters. The van der Waals surface area contributed by atoms with E-state index >= 15 is 0 Å². The molecule has 0 fully saturated rings. The highest BCUT2D eigenvalue weighted by Gasteiger charge is 2.23. The molecule has 0 heterocycles. The van der Waals surface area contributed by atoms with Gasteiger partial charge < -0.3 is 0 Å². The van der Waals surface area contributed by atoms with Gasteiger partial charge in [0.25, 0.3) is 0 Å². The van der Waals surface area contributed by atoms with Crippen molar-refractivity contribution in [3.8, 4) is 0 Å². The van der Waals surface area contributed by atoms with Crippen LogP contribution in [-0.4, -0.2) is 0 Å². The summed E-state index contributed by atoms with van der Waals surface area (Å²) in [7, 11) is 0. The molecule has 0 aliphatic heterocycles. The Hall–Kier alpha value is -0.920. The molecule has 0 aromatic heterocycles. The summed E-state index contributed by atoms with van der Waals surface area (Å²) in [6, 6.07) is 3.89. The lowest BCUT2D eigenvalue weighted by atomic mass is 9.79. The Kier molecular flexibility index (Phi) is 5.10. The third-order valence-corrected chi connectivity index (χ3v) is 3.32. The van der Waals surface area contributed by atoms with Gasteiger partial charge in [0.1, 0.15) is 11.6 Å². The maximum atomic E-state index is 13.7. The lowest BCUT2D eigenvalue weighted by Crippen LogP contribution is -2.19. The standard InChI is InChI=1S/C15H22F2/c1-4-5-6-7-10-15(2,3)13-9-8-12(16)11-14(13)17/h8-9,11H,4-7,10H2,1-3H3. The van der Waals surface area contributed by atoms with Crippen molar-refractivity contribution in [3.05, 3.63) is 35.4 Å². The van der Waals surface area contributed by atoms with Crippen molar-refractivity contribution in [1.29, 1.82) is 0 Å². The van der Waals surface area contributed by atoms with E-state index in [2.05, 4.69) is 6.92 Å². The van der Waals surface area contributed by atoms with E-state index in [0.29, 0.717) is 5.56 Å². The average molecular weight is 240 g/mol. The maximum absolute atomic E-state index is 13.7. The fourth-order valence-corrected chi connectivity index (χ4v) is 2.17. The molecule has 0 aliphatic rings. The van der Waals surface area contributed by atoms with Crippen molar-refractivity contribution < 1.29 is 8.78 Å². The van der Waals surface area contributed by atoms with E-state index in [9.17, 15) is 8.78 Å². The Morgan fingerprint density at radius 3 is 2.35 bits per heavy atom. The predicted octanol–water partition coefficient (Wildman–Crippen LogP) is 5.21. The number of benzene rings is 1. The molecule has 96 valence electrons. The summed E-state index contributed by atoms with van der Waals surface area (Å²) in [4.78, 5) is 0. The van der Waals surface area contributed by atoms with Crippen LogP contribution in [0, 0.1) is 11.6 Å². The van der Waals surface area contributed by atoms with Gasteiger partial charge >= 0.3 is 0 Å². The van der Waals surface area contributed by atoms with Crippen LogP contribution in [0.15, 0.2) is 18.2 Å². The van der Waals surface area contributed by atoms with E-state index < -0.39 is 11.6 Å². The molecular weight excluding hydrogens is 218 g/mol. The number of hydrogen-bond acceptors (Lipinski definition) is 0. The minimum atomic E-state index is -0.506. The molecule has 0 aliphatic carbocycles. The van der Waals surface area contributed by atoms with Crippen LogP contribution in [0.25, 0.3) is 0 Å². The lowest BCUT2D eigenvalue weighted by molar-refractivity contribution is 0.422. The molecule has 1 rings (SSSR count). The quantitative estimate of drug-likeness (QED) is 0.598. The molecule has 0 spiro atoms. The van der Waals surface area contributed by atoms with E-state index in [0.717, 1.165) is 18.9 Å². The Morgan fingerprint density at radius 2 is 1.76 bits per heavy atom. The van der Waals surface area contributed by atoms with Crippen molar-refractivity contribution in [2.24, 2.45) is 0 Å². The number of unbranched alkanes of at least 4 members (excludes halogenated alkanes) is 3. The number of hydrogen-bond donors (Lipinski definition) is 0. The highest BCUT2D eigenvalue weighted by Crippen LogP contribution is 2.31. The van der Waals surface area contributed by atoms with Crippen LogP contribution in [-0.2, 0) is 5.41 Å². The van der Waals surface area contributed by atoms with Gasteiger partial charge in [0.15, 0.2) is 0 Å². The van der Waals surface area contributed by atoms with Crippen molar-refractivity contribution in [2.45, 2.75) is 58.3 Å². The van der Waals surface area contributed by atoms with Crippen molar-refractivity contribution in [2.75, 3.05) is 0 Å². The fraction of sp³-hybridized carbons (Fsp3) is 0.600. The van der Waals surface area contributed by atoms with Crippen molar-refractivity contribution in [3.63, 3.8) is 0 Å². The zero-order valence-corrected chi connectivity index (χ0v) is 11.0. The first-order chi connectivity index (χ1) is 7.97. The van der Waals surface area contributed by atoms with E-state index in [-0.39, 0.29) is 5.41 Å². The van der Waals surface area contributed by atoms with E-state index in [1.165, 1.54) is 25.3 Å². The Balaban J connectivity index is 2.68. The SMILES string of the molecule is CCCCCCC(C)(C)c1ccc(F)cc1F. The molecular formula is C15H22F2. The summed E-state index contributed by atoms with van der Waals surface area (Å²) in [5, 5.41) is 0. The van der Waals surface area contributed by atoms with E-state index in [4.69, 9.17) is 0 Å². The van der Waals surface area contributed by atoms with E-state index in [1.807, 2.05) is 13.8 Å². The Labute approximate surface area is 103 Å².